The Morgan fingerprint density at radius 1 is 0.840 bits per heavy atom. The summed E-state index contributed by atoms with van der Waals surface area (Å²) in [6, 6.07) is 8.15. The van der Waals surface area contributed by atoms with Gasteiger partial charge in [0.05, 0.1) is 21.8 Å². The molecule has 136 valence electrons. The Labute approximate surface area is 152 Å². The number of rotatable bonds is 12. The Balaban J connectivity index is 2.38. The average Bonchev–Trinajstić information content (AvgIpc) is 2.62. The fraction of sp³-hybridized carbons (Fsp3) is 0.600. The van der Waals surface area contributed by atoms with Gasteiger partial charge in [-0.25, -0.2) is 8.42 Å². The molecule has 0 atom stereocenters. The Bertz CT molecular complexity index is 712. The molecular weight excluding hydrogens is 332 g/mol. The standard InChI is InChI=1S/C20H28N2O2S/c1-2-3-4-5-6-7-8-9-10-11-15-25(23,24)20-14-12-13-18(16-21)19(20)17-22/h12-14H,2-11,15H2,1H3. The first-order valence-electron chi connectivity index (χ1n) is 9.22. The smallest absolute Gasteiger partial charge is 0.179 e. The van der Waals surface area contributed by atoms with Crippen molar-refractivity contribution in [3.8, 4) is 12.1 Å². The molecule has 0 aliphatic carbocycles. The van der Waals surface area contributed by atoms with E-state index in [1.807, 2.05) is 12.1 Å². The van der Waals surface area contributed by atoms with E-state index in [1.165, 1.54) is 56.7 Å². The number of hydrogen-bond acceptors (Lipinski definition) is 4. The number of nitrogens with zero attached hydrogens (tertiary/aromatic N) is 2. The zero-order chi connectivity index (χ0) is 18.5. The topological polar surface area (TPSA) is 81.7 Å². The van der Waals surface area contributed by atoms with Gasteiger partial charge in [-0.15, -0.1) is 0 Å². The molecule has 0 aliphatic rings. The van der Waals surface area contributed by atoms with Crippen LogP contribution in [0.1, 0.15) is 82.3 Å². The van der Waals surface area contributed by atoms with Crippen LogP contribution in [-0.4, -0.2) is 14.2 Å². The lowest BCUT2D eigenvalue weighted by Gasteiger charge is -2.07. The van der Waals surface area contributed by atoms with E-state index < -0.39 is 9.84 Å². The van der Waals surface area contributed by atoms with Gasteiger partial charge < -0.3 is 0 Å². The van der Waals surface area contributed by atoms with Gasteiger partial charge in [0.25, 0.3) is 0 Å². The molecule has 0 spiro atoms. The molecular formula is C20H28N2O2S. The van der Waals surface area contributed by atoms with Crippen molar-refractivity contribution in [3.05, 3.63) is 29.3 Å². The van der Waals surface area contributed by atoms with Crippen LogP contribution in [0.15, 0.2) is 23.1 Å². The van der Waals surface area contributed by atoms with Crippen molar-refractivity contribution >= 4 is 9.84 Å². The Morgan fingerprint density at radius 2 is 1.40 bits per heavy atom. The first kappa shape index (κ1) is 21.2. The molecule has 0 fully saturated rings. The van der Waals surface area contributed by atoms with Gasteiger partial charge in [-0.2, -0.15) is 10.5 Å². The van der Waals surface area contributed by atoms with Crippen LogP contribution in [0.2, 0.25) is 0 Å². The quantitative estimate of drug-likeness (QED) is 0.484. The molecule has 0 aliphatic heterocycles. The second kappa shape index (κ2) is 11.7. The molecule has 5 heteroatoms. The molecule has 0 saturated heterocycles. The highest BCUT2D eigenvalue weighted by molar-refractivity contribution is 7.91. The minimum Gasteiger partial charge on any atom is -0.224 e. The van der Waals surface area contributed by atoms with Crippen molar-refractivity contribution in [2.45, 2.75) is 76.0 Å². The monoisotopic (exact) mass is 360 g/mol. The molecule has 25 heavy (non-hydrogen) atoms. The van der Waals surface area contributed by atoms with Crippen molar-refractivity contribution < 1.29 is 8.42 Å². The predicted molar refractivity (Wildman–Crippen MR) is 99.8 cm³/mol. The first-order chi connectivity index (χ1) is 12.1. The minimum atomic E-state index is -3.52. The Morgan fingerprint density at radius 3 is 1.92 bits per heavy atom. The summed E-state index contributed by atoms with van der Waals surface area (Å²) in [6.07, 6.45) is 11.4. The van der Waals surface area contributed by atoms with Crippen molar-refractivity contribution in [2.75, 3.05) is 5.75 Å². The van der Waals surface area contributed by atoms with E-state index in [9.17, 15) is 13.7 Å². The summed E-state index contributed by atoms with van der Waals surface area (Å²) in [6.45, 7) is 2.21. The molecule has 0 unspecified atom stereocenters. The molecule has 0 aromatic heterocycles. The van der Waals surface area contributed by atoms with Crippen LogP contribution >= 0.6 is 0 Å². The maximum atomic E-state index is 12.5. The van der Waals surface area contributed by atoms with Crippen LogP contribution in [0, 0.1) is 22.7 Å². The van der Waals surface area contributed by atoms with Gasteiger partial charge in [-0.05, 0) is 18.6 Å². The van der Waals surface area contributed by atoms with Gasteiger partial charge >= 0.3 is 0 Å². The molecule has 0 N–H and O–H groups in total. The predicted octanol–water partition coefficient (Wildman–Crippen LogP) is 5.12. The molecule has 0 bridgehead atoms. The van der Waals surface area contributed by atoms with Crippen molar-refractivity contribution in [1.29, 1.82) is 10.5 Å². The van der Waals surface area contributed by atoms with Crippen LogP contribution in [0.4, 0.5) is 0 Å². The summed E-state index contributed by atoms with van der Waals surface area (Å²) >= 11 is 0. The van der Waals surface area contributed by atoms with Crippen molar-refractivity contribution in [1.82, 2.24) is 0 Å². The second-order valence-electron chi connectivity index (χ2n) is 6.40. The number of hydrogen-bond donors (Lipinski definition) is 0. The van der Waals surface area contributed by atoms with Crippen LogP contribution in [-0.2, 0) is 9.84 Å². The Hall–Kier alpha value is -1.85. The molecule has 1 aromatic carbocycles. The van der Waals surface area contributed by atoms with E-state index in [-0.39, 0.29) is 21.8 Å². The van der Waals surface area contributed by atoms with Gasteiger partial charge in [0, 0.05) is 0 Å². The third-order valence-electron chi connectivity index (χ3n) is 4.36. The van der Waals surface area contributed by atoms with E-state index in [0.717, 1.165) is 19.3 Å². The maximum absolute atomic E-state index is 12.5. The van der Waals surface area contributed by atoms with Crippen LogP contribution in [0.25, 0.3) is 0 Å². The number of unbranched alkanes of at least 4 members (excludes halogenated alkanes) is 9. The molecule has 0 amide bonds. The lowest BCUT2D eigenvalue weighted by Crippen LogP contribution is -2.09. The van der Waals surface area contributed by atoms with Gasteiger partial charge in [-0.3, -0.25) is 0 Å². The highest BCUT2D eigenvalue weighted by Gasteiger charge is 2.20. The Kier molecular flexibility index (Phi) is 9.88. The normalized spacial score (nSPS) is 11.0. The number of sulfone groups is 1. The SMILES string of the molecule is CCCCCCCCCCCCS(=O)(=O)c1cccc(C#N)c1C#N. The third kappa shape index (κ3) is 7.28. The summed E-state index contributed by atoms with van der Waals surface area (Å²) in [5.41, 5.74) is 0.0868. The summed E-state index contributed by atoms with van der Waals surface area (Å²) < 4.78 is 24.9. The number of benzene rings is 1. The third-order valence-corrected chi connectivity index (χ3v) is 6.20. The molecule has 4 nitrogen and oxygen atoms in total. The van der Waals surface area contributed by atoms with E-state index >= 15 is 0 Å². The lowest BCUT2D eigenvalue weighted by molar-refractivity contribution is 0.558. The molecule has 0 radical (unpaired) electrons. The van der Waals surface area contributed by atoms with Crippen LogP contribution in [0.3, 0.4) is 0 Å². The van der Waals surface area contributed by atoms with Gasteiger partial charge in [0.15, 0.2) is 9.84 Å². The fourth-order valence-corrected chi connectivity index (χ4v) is 4.44. The summed E-state index contributed by atoms with van der Waals surface area (Å²) in [5, 5.41) is 18.2. The lowest BCUT2D eigenvalue weighted by atomic mass is 10.1. The molecule has 0 heterocycles. The molecule has 0 saturated carbocycles. The first-order valence-corrected chi connectivity index (χ1v) is 10.9. The number of nitriles is 2. The van der Waals surface area contributed by atoms with E-state index in [1.54, 1.807) is 0 Å². The molecule has 1 rings (SSSR count). The zero-order valence-electron chi connectivity index (χ0n) is 15.1. The average molecular weight is 361 g/mol. The van der Waals surface area contributed by atoms with E-state index in [4.69, 9.17) is 5.26 Å². The van der Waals surface area contributed by atoms with Crippen LogP contribution < -0.4 is 0 Å². The summed E-state index contributed by atoms with van der Waals surface area (Å²) in [5.74, 6) is 0.0348. The molecule has 1 aromatic rings. The van der Waals surface area contributed by atoms with Gasteiger partial charge in [0.2, 0.25) is 0 Å². The van der Waals surface area contributed by atoms with Crippen LogP contribution in [0.5, 0.6) is 0 Å². The maximum Gasteiger partial charge on any atom is 0.179 e. The largest absolute Gasteiger partial charge is 0.224 e. The van der Waals surface area contributed by atoms with E-state index in [2.05, 4.69) is 6.92 Å². The highest BCUT2D eigenvalue weighted by Crippen LogP contribution is 2.21. The van der Waals surface area contributed by atoms with Crippen molar-refractivity contribution in [2.24, 2.45) is 0 Å². The fourth-order valence-electron chi connectivity index (χ4n) is 2.89. The highest BCUT2D eigenvalue weighted by atomic mass is 32.2. The van der Waals surface area contributed by atoms with Crippen molar-refractivity contribution in [3.63, 3.8) is 0 Å². The second-order valence-corrected chi connectivity index (χ2v) is 8.48. The summed E-state index contributed by atoms with van der Waals surface area (Å²) in [4.78, 5) is -0.00928. The summed E-state index contributed by atoms with van der Waals surface area (Å²) in [7, 11) is -3.52. The van der Waals surface area contributed by atoms with Gasteiger partial charge in [-0.1, -0.05) is 70.8 Å². The minimum absolute atomic E-state index is 0.00928. The van der Waals surface area contributed by atoms with Gasteiger partial charge in [0.1, 0.15) is 12.1 Å². The van der Waals surface area contributed by atoms with E-state index in [0.29, 0.717) is 6.42 Å². The zero-order valence-corrected chi connectivity index (χ0v) is 15.9.